The molecule has 2 aromatic rings. The summed E-state index contributed by atoms with van der Waals surface area (Å²) in [5.74, 6) is -0.199. The monoisotopic (exact) mass is 330 g/mol. The summed E-state index contributed by atoms with van der Waals surface area (Å²) >= 11 is 0. The number of amides is 1. The van der Waals surface area contributed by atoms with Gasteiger partial charge in [-0.05, 0) is 25.5 Å². The highest BCUT2D eigenvalue weighted by atomic mass is 16.5. The second kappa shape index (κ2) is 5.98. The van der Waals surface area contributed by atoms with Crippen LogP contribution in [0.25, 0.3) is 5.65 Å². The van der Waals surface area contributed by atoms with Crippen LogP contribution in [0, 0.1) is 19.3 Å². The summed E-state index contributed by atoms with van der Waals surface area (Å²) in [6, 6.07) is 3.04. The maximum absolute atomic E-state index is 12.5. The van der Waals surface area contributed by atoms with Crippen molar-refractivity contribution in [1.29, 1.82) is 0 Å². The molecule has 2 aliphatic rings. The molecule has 0 saturated carbocycles. The number of rotatable bonds is 1. The van der Waals surface area contributed by atoms with Crippen LogP contribution >= 0.6 is 0 Å². The van der Waals surface area contributed by atoms with Crippen molar-refractivity contribution in [2.24, 2.45) is 5.41 Å². The fourth-order valence-corrected chi connectivity index (χ4v) is 2.97. The molecule has 2 aromatic heterocycles. The molecule has 1 amide bonds. The highest BCUT2D eigenvalue weighted by molar-refractivity contribution is 5.93. The van der Waals surface area contributed by atoms with E-state index in [2.05, 4.69) is 10.1 Å². The number of likely N-dealkylation sites (tertiary alicyclic amines) is 1. The van der Waals surface area contributed by atoms with Gasteiger partial charge in [-0.25, -0.2) is 4.98 Å². The van der Waals surface area contributed by atoms with Crippen molar-refractivity contribution in [3.05, 3.63) is 39.4 Å². The topological polar surface area (TPSA) is 76.8 Å². The van der Waals surface area contributed by atoms with E-state index in [1.165, 1.54) is 10.6 Å². The molecule has 2 saturated heterocycles. The van der Waals surface area contributed by atoms with Gasteiger partial charge in [0.2, 0.25) is 0 Å². The van der Waals surface area contributed by atoms with E-state index in [4.69, 9.17) is 4.74 Å². The molecule has 1 spiro atoms. The number of hydrogen-bond acceptors (Lipinski definition) is 5. The highest BCUT2D eigenvalue weighted by Crippen LogP contribution is 2.37. The Morgan fingerprint density at radius 3 is 2.46 bits per heavy atom. The zero-order valence-corrected chi connectivity index (χ0v) is 14.5. The summed E-state index contributed by atoms with van der Waals surface area (Å²) in [5.41, 5.74) is 2.11. The lowest BCUT2D eigenvalue weighted by Gasteiger charge is -2.54. The van der Waals surface area contributed by atoms with Gasteiger partial charge in [0.05, 0.1) is 24.3 Å². The third-order valence-corrected chi connectivity index (χ3v) is 4.46. The Bertz CT molecular complexity index is 847. The molecule has 0 bridgehead atoms. The van der Waals surface area contributed by atoms with Crippen molar-refractivity contribution < 1.29 is 9.53 Å². The first-order valence-corrected chi connectivity index (χ1v) is 8.23. The predicted octanol–water partition coefficient (Wildman–Crippen LogP) is 1.20. The van der Waals surface area contributed by atoms with E-state index in [0.717, 1.165) is 11.3 Å². The summed E-state index contributed by atoms with van der Waals surface area (Å²) in [6.07, 6.45) is 0. The van der Waals surface area contributed by atoms with E-state index in [-0.39, 0.29) is 22.6 Å². The zero-order chi connectivity index (χ0) is 17.5. The number of aryl methyl sites for hydroxylation is 2. The SMILES string of the molecule is CC.Cc1cc2nc(C(=O)N3CC4(COC4)C3)cc(=O)n2nc1C. The van der Waals surface area contributed by atoms with Crippen LogP contribution in [0.1, 0.15) is 35.6 Å². The molecule has 0 unspecified atom stereocenters. The third kappa shape index (κ3) is 2.58. The molecule has 7 nitrogen and oxygen atoms in total. The van der Waals surface area contributed by atoms with Gasteiger partial charge < -0.3 is 9.64 Å². The Kier molecular flexibility index (Phi) is 4.13. The van der Waals surface area contributed by atoms with Crippen LogP contribution in [-0.4, -0.2) is 51.7 Å². The third-order valence-electron chi connectivity index (χ3n) is 4.46. The molecule has 0 aliphatic carbocycles. The van der Waals surface area contributed by atoms with Crippen LogP contribution in [0.4, 0.5) is 0 Å². The van der Waals surface area contributed by atoms with Crippen LogP contribution in [-0.2, 0) is 4.74 Å². The standard InChI is InChI=1S/C15H16N4O3.C2H6/c1-9-3-12-16-11(4-13(20)19(12)17-10(9)2)14(21)18-5-15(6-18)7-22-8-15;1-2/h3-4H,5-8H2,1-2H3;1-2H3. The number of ether oxygens (including phenoxy) is 1. The summed E-state index contributed by atoms with van der Waals surface area (Å²) in [5, 5.41) is 4.20. The zero-order valence-electron chi connectivity index (χ0n) is 14.5. The van der Waals surface area contributed by atoms with Crippen LogP contribution in [0.15, 0.2) is 16.9 Å². The summed E-state index contributed by atoms with van der Waals surface area (Å²) in [4.78, 5) is 30.6. The van der Waals surface area contributed by atoms with Gasteiger partial charge in [0.25, 0.3) is 11.5 Å². The molecule has 4 heterocycles. The summed E-state index contributed by atoms with van der Waals surface area (Å²) in [7, 11) is 0. The first kappa shape index (κ1) is 16.6. The van der Waals surface area contributed by atoms with Crippen molar-refractivity contribution in [2.75, 3.05) is 26.3 Å². The lowest BCUT2D eigenvalue weighted by Crippen LogP contribution is -2.67. The second-order valence-corrected chi connectivity index (χ2v) is 6.32. The van der Waals surface area contributed by atoms with Crippen LogP contribution in [0.3, 0.4) is 0 Å². The van der Waals surface area contributed by atoms with Gasteiger partial charge >= 0.3 is 0 Å². The summed E-state index contributed by atoms with van der Waals surface area (Å²) in [6.45, 7) is 10.5. The minimum atomic E-state index is -0.335. The average Bonchev–Trinajstić information content (AvgIpc) is 2.48. The molecule has 128 valence electrons. The second-order valence-electron chi connectivity index (χ2n) is 6.32. The molecule has 0 atom stereocenters. The molecule has 24 heavy (non-hydrogen) atoms. The van der Waals surface area contributed by atoms with Gasteiger partial charge in [-0.1, -0.05) is 13.8 Å². The van der Waals surface area contributed by atoms with E-state index in [1.807, 2.05) is 27.7 Å². The summed E-state index contributed by atoms with van der Waals surface area (Å²) < 4.78 is 6.43. The van der Waals surface area contributed by atoms with Gasteiger partial charge in [-0.15, -0.1) is 0 Å². The fraction of sp³-hybridized carbons (Fsp3) is 0.529. The molecule has 7 heteroatoms. The van der Waals surface area contributed by atoms with Crippen molar-refractivity contribution in [2.45, 2.75) is 27.7 Å². The molecule has 4 rings (SSSR count). The molecular weight excluding hydrogens is 308 g/mol. The number of nitrogens with zero attached hydrogens (tertiary/aromatic N) is 4. The molecule has 0 N–H and O–H groups in total. The normalized spacial score (nSPS) is 17.8. The number of hydrogen-bond donors (Lipinski definition) is 0. The van der Waals surface area contributed by atoms with Crippen molar-refractivity contribution in [3.8, 4) is 0 Å². The van der Waals surface area contributed by atoms with Crippen molar-refractivity contribution in [3.63, 3.8) is 0 Å². The molecule has 2 fully saturated rings. The van der Waals surface area contributed by atoms with Gasteiger partial charge in [0, 0.05) is 19.2 Å². The molecule has 0 aromatic carbocycles. The van der Waals surface area contributed by atoms with E-state index in [9.17, 15) is 9.59 Å². The van der Waals surface area contributed by atoms with E-state index >= 15 is 0 Å². The lowest BCUT2D eigenvalue weighted by atomic mass is 9.78. The van der Waals surface area contributed by atoms with E-state index in [1.54, 1.807) is 11.0 Å². The maximum atomic E-state index is 12.5. The smallest absolute Gasteiger partial charge is 0.275 e. The van der Waals surface area contributed by atoms with Crippen LogP contribution < -0.4 is 5.56 Å². The Hall–Kier alpha value is -2.28. The number of fused-ring (bicyclic) bond motifs is 1. The average molecular weight is 330 g/mol. The molecule has 0 radical (unpaired) electrons. The maximum Gasteiger partial charge on any atom is 0.275 e. The first-order valence-electron chi connectivity index (χ1n) is 8.23. The Balaban J connectivity index is 0.000000815. The van der Waals surface area contributed by atoms with Gasteiger partial charge in [0.15, 0.2) is 5.65 Å². The van der Waals surface area contributed by atoms with E-state index in [0.29, 0.717) is 32.0 Å². The Morgan fingerprint density at radius 1 is 1.21 bits per heavy atom. The van der Waals surface area contributed by atoms with Gasteiger partial charge in [-0.2, -0.15) is 9.61 Å². The van der Waals surface area contributed by atoms with Crippen LogP contribution in [0.5, 0.6) is 0 Å². The minimum absolute atomic E-state index is 0.150. The van der Waals surface area contributed by atoms with E-state index < -0.39 is 0 Å². The van der Waals surface area contributed by atoms with Crippen LogP contribution in [0.2, 0.25) is 0 Å². The van der Waals surface area contributed by atoms with Gasteiger partial charge in [0.1, 0.15) is 5.69 Å². The fourth-order valence-electron chi connectivity index (χ4n) is 2.97. The molecular formula is C17H22N4O3. The highest BCUT2D eigenvalue weighted by Gasteiger charge is 2.50. The number of aromatic nitrogens is 3. The number of carbonyl (C=O) groups is 1. The Labute approximate surface area is 140 Å². The quantitative estimate of drug-likeness (QED) is 0.785. The van der Waals surface area contributed by atoms with Crippen molar-refractivity contribution >= 4 is 11.6 Å². The predicted molar refractivity (Wildman–Crippen MR) is 89.2 cm³/mol. The number of carbonyl (C=O) groups excluding carboxylic acids is 1. The largest absolute Gasteiger partial charge is 0.380 e. The lowest BCUT2D eigenvalue weighted by molar-refractivity contribution is -0.176. The van der Waals surface area contributed by atoms with Crippen molar-refractivity contribution in [1.82, 2.24) is 19.5 Å². The minimum Gasteiger partial charge on any atom is -0.380 e. The molecule has 2 aliphatic heterocycles. The van der Waals surface area contributed by atoms with Gasteiger partial charge in [-0.3, -0.25) is 9.59 Å². The Morgan fingerprint density at radius 2 is 1.88 bits per heavy atom. The first-order chi connectivity index (χ1) is 11.5.